The molecule has 2 unspecified atom stereocenters. The second kappa shape index (κ2) is 12.2. The molecule has 34 heavy (non-hydrogen) atoms. The van der Waals surface area contributed by atoms with Gasteiger partial charge in [-0.15, -0.1) is 0 Å². The lowest BCUT2D eigenvalue weighted by Gasteiger charge is -2.22. The van der Waals surface area contributed by atoms with Crippen molar-refractivity contribution in [3.8, 4) is 17.0 Å². The molecular weight excluding hydrogens is 463 g/mol. The van der Waals surface area contributed by atoms with Gasteiger partial charge in [0.25, 0.3) is 0 Å². The number of likely N-dealkylation sites (tertiary alicyclic amines) is 1. The number of anilines is 1. The van der Waals surface area contributed by atoms with Crippen LogP contribution in [0.2, 0.25) is 5.02 Å². The van der Waals surface area contributed by atoms with E-state index in [4.69, 9.17) is 35.8 Å². The number of rotatable bonds is 10. The number of aryl methyl sites for hydroxylation is 2. The molecule has 1 aliphatic heterocycles. The van der Waals surface area contributed by atoms with E-state index < -0.39 is 12.8 Å². The summed E-state index contributed by atoms with van der Waals surface area (Å²) in [5.41, 5.74) is 3.09. The van der Waals surface area contributed by atoms with Crippen LogP contribution in [0.15, 0.2) is 18.2 Å². The molecule has 0 aliphatic carbocycles. The second-order valence-electron chi connectivity index (χ2n) is 7.94. The van der Waals surface area contributed by atoms with E-state index in [2.05, 4.69) is 5.32 Å². The maximum atomic E-state index is 12.6. The Kier molecular flexibility index (Phi) is 9.29. The molecule has 0 bridgehead atoms. The number of nitrogens with zero attached hydrogens (tertiary/aromatic N) is 3. The number of methoxy groups -OCH3 is 2. The van der Waals surface area contributed by atoms with Crippen molar-refractivity contribution in [2.45, 2.75) is 45.3 Å². The van der Waals surface area contributed by atoms with E-state index in [0.717, 1.165) is 22.6 Å². The predicted octanol–water partition coefficient (Wildman–Crippen LogP) is 4.54. The van der Waals surface area contributed by atoms with Crippen molar-refractivity contribution in [2.75, 3.05) is 45.9 Å². The molecule has 8 nitrogen and oxygen atoms in total. The molecule has 1 saturated heterocycles. The molecule has 1 aliphatic rings. The van der Waals surface area contributed by atoms with Crippen molar-refractivity contribution in [3.05, 3.63) is 34.6 Å². The van der Waals surface area contributed by atoms with Crippen molar-refractivity contribution in [3.63, 3.8) is 0 Å². The lowest BCUT2D eigenvalue weighted by atomic mass is 10.1. The highest BCUT2D eigenvalue weighted by Gasteiger charge is 2.37. The SMILES string of the molecule is CCc1nc(-c2ccc(OC)cc2Cl)c(CC)nc1NC1CN(C(=O)OC)CC1OCCCF. The molecule has 3 rings (SSSR count). The molecule has 2 atom stereocenters. The fourth-order valence-electron chi connectivity index (χ4n) is 3.97. The molecule has 1 aromatic carbocycles. The van der Waals surface area contributed by atoms with Crippen molar-refractivity contribution >= 4 is 23.5 Å². The van der Waals surface area contributed by atoms with Gasteiger partial charge in [-0.2, -0.15) is 0 Å². The third-order valence-electron chi connectivity index (χ3n) is 5.77. The normalized spacial score (nSPS) is 17.6. The summed E-state index contributed by atoms with van der Waals surface area (Å²) in [6.07, 6.45) is 0.847. The number of benzene rings is 1. The zero-order valence-electron chi connectivity index (χ0n) is 20.1. The largest absolute Gasteiger partial charge is 0.497 e. The minimum Gasteiger partial charge on any atom is -0.497 e. The molecule has 186 valence electrons. The van der Waals surface area contributed by atoms with Crippen LogP contribution in [0.1, 0.15) is 31.7 Å². The van der Waals surface area contributed by atoms with Crippen LogP contribution >= 0.6 is 11.6 Å². The number of carbonyl (C=O) groups is 1. The van der Waals surface area contributed by atoms with Crippen LogP contribution in [-0.2, 0) is 22.3 Å². The first-order valence-corrected chi connectivity index (χ1v) is 11.8. The van der Waals surface area contributed by atoms with Gasteiger partial charge in [-0.05, 0) is 37.5 Å². The molecule has 10 heteroatoms. The number of hydrogen-bond donors (Lipinski definition) is 1. The zero-order chi connectivity index (χ0) is 24.7. The molecule has 0 spiro atoms. The number of hydrogen-bond acceptors (Lipinski definition) is 7. The Bertz CT molecular complexity index is 994. The van der Waals surface area contributed by atoms with Gasteiger partial charge in [-0.3, -0.25) is 4.39 Å². The molecule has 1 aromatic heterocycles. The van der Waals surface area contributed by atoms with Gasteiger partial charge in [-0.1, -0.05) is 25.4 Å². The van der Waals surface area contributed by atoms with E-state index in [9.17, 15) is 9.18 Å². The summed E-state index contributed by atoms with van der Waals surface area (Å²) in [6, 6.07) is 5.25. The molecule has 0 radical (unpaired) electrons. The van der Waals surface area contributed by atoms with E-state index in [0.29, 0.717) is 48.9 Å². The van der Waals surface area contributed by atoms with Crippen LogP contribution in [0.3, 0.4) is 0 Å². The standard InChI is InChI=1S/C24H32ClFN4O4/c1-5-18-22(16-9-8-15(32-3)12-17(16)25)27-19(6-2)23(28-18)29-20-13-30(24(31)33-4)14-21(20)34-11-7-10-26/h8-9,12,20-21H,5-7,10-11,13-14H2,1-4H3,(H,28,29). The topological polar surface area (TPSA) is 85.8 Å². The molecule has 1 fully saturated rings. The molecular formula is C24H32ClFN4O4. The summed E-state index contributed by atoms with van der Waals surface area (Å²) in [5.74, 6) is 1.31. The third kappa shape index (κ3) is 5.88. The van der Waals surface area contributed by atoms with E-state index in [1.165, 1.54) is 7.11 Å². The van der Waals surface area contributed by atoms with Crippen LogP contribution in [-0.4, -0.2) is 73.7 Å². The minimum absolute atomic E-state index is 0.238. The average Bonchev–Trinajstić information content (AvgIpc) is 3.25. The third-order valence-corrected chi connectivity index (χ3v) is 6.09. The van der Waals surface area contributed by atoms with Crippen LogP contribution < -0.4 is 10.1 Å². The first kappa shape index (κ1) is 26.0. The first-order valence-electron chi connectivity index (χ1n) is 11.5. The van der Waals surface area contributed by atoms with Crippen LogP contribution in [0.5, 0.6) is 5.75 Å². The Balaban J connectivity index is 1.91. The van der Waals surface area contributed by atoms with Crippen LogP contribution in [0, 0.1) is 0 Å². The summed E-state index contributed by atoms with van der Waals surface area (Å²) >= 11 is 6.53. The molecule has 1 amide bonds. The summed E-state index contributed by atoms with van der Waals surface area (Å²) in [6.45, 7) is 4.57. The number of aromatic nitrogens is 2. The van der Waals surface area contributed by atoms with Gasteiger partial charge in [0.1, 0.15) is 11.6 Å². The number of alkyl halides is 1. The van der Waals surface area contributed by atoms with Gasteiger partial charge < -0.3 is 24.4 Å². The summed E-state index contributed by atoms with van der Waals surface area (Å²) in [7, 11) is 2.94. The molecule has 1 N–H and O–H groups in total. The zero-order valence-corrected chi connectivity index (χ0v) is 20.8. The number of carbonyl (C=O) groups excluding carboxylic acids is 1. The van der Waals surface area contributed by atoms with E-state index >= 15 is 0 Å². The van der Waals surface area contributed by atoms with Crippen molar-refractivity contribution in [1.82, 2.24) is 14.9 Å². The Morgan fingerprint density at radius 3 is 2.59 bits per heavy atom. The molecule has 2 aromatic rings. The lowest BCUT2D eigenvalue weighted by Crippen LogP contribution is -2.35. The summed E-state index contributed by atoms with van der Waals surface area (Å²) < 4.78 is 28.6. The summed E-state index contributed by atoms with van der Waals surface area (Å²) in [5, 5.41) is 3.98. The van der Waals surface area contributed by atoms with Gasteiger partial charge >= 0.3 is 6.09 Å². The highest BCUT2D eigenvalue weighted by Crippen LogP contribution is 2.33. The number of nitrogens with one attached hydrogen (secondary N) is 1. The maximum Gasteiger partial charge on any atom is 0.409 e. The Morgan fingerprint density at radius 2 is 1.97 bits per heavy atom. The van der Waals surface area contributed by atoms with Gasteiger partial charge in [0.05, 0.1) is 61.7 Å². The van der Waals surface area contributed by atoms with E-state index in [1.807, 2.05) is 26.0 Å². The second-order valence-corrected chi connectivity index (χ2v) is 8.35. The van der Waals surface area contributed by atoms with Crippen molar-refractivity contribution in [1.29, 1.82) is 0 Å². The molecule has 0 saturated carbocycles. The number of ether oxygens (including phenoxy) is 3. The highest BCUT2D eigenvalue weighted by molar-refractivity contribution is 6.33. The predicted molar refractivity (Wildman–Crippen MR) is 130 cm³/mol. The number of amides is 1. The van der Waals surface area contributed by atoms with E-state index in [1.54, 1.807) is 18.1 Å². The average molecular weight is 495 g/mol. The fraction of sp³-hybridized carbons (Fsp3) is 0.542. The molecule has 2 heterocycles. The highest BCUT2D eigenvalue weighted by atomic mass is 35.5. The van der Waals surface area contributed by atoms with Gasteiger partial charge in [0.2, 0.25) is 0 Å². The Labute approximate surface area is 204 Å². The van der Waals surface area contributed by atoms with Crippen molar-refractivity contribution < 1.29 is 23.4 Å². The van der Waals surface area contributed by atoms with Gasteiger partial charge in [0, 0.05) is 18.7 Å². The monoisotopic (exact) mass is 494 g/mol. The van der Waals surface area contributed by atoms with Gasteiger partial charge in [0.15, 0.2) is 0 Å². The van der Waals surface area contributed by atoms with Gasteiger partial charge in [-0.25, -0.2) is 14.8 Å². The summed E-state index contributed by atoms with van der Waals surface area (Å²) in [4.78, 5) is 23.5. The quantitative estimate of drug-likeness (QED) is 0.485. The van der Waals surface area contributed by atoms with Crippen LogP contribution in [0.25, 0.3) is 11.3 Å². The number of halogens is 2. The first-order chi connectivity index (χ1) is 16.4. The lowest BCUT2D eigenvalue weighted by molar-refractivity contribution is 0.0484. The Hall–Kier alpha value is -2.65. The van der Waals surface area contributed by atoms with Crippen molar-refractivity contribution in [2.24, 2.45) is 0 Å². The Morgan fingerprint density at radius 1 is 1.21 bits per heavy atom. The van der Waals surface area contributed by atoms with E-state index in [-0.39, 0.29) is 18.8 Å². The smallest absolute Gasteiger partial charge is 0.409 e. The fourth-order valence-corrected chi connectivity index (χ4v) is 4.23. The minimum atomic E-state index is -0.452. The maximum absolute atomic E-state index is 12.6. The van der Waals surface area contributed by atoms with Crippen LogP contribution in [0.4, 0.5) is 15.0 Å².